The van der Waals surface area contributed by atoms with Crippen LogP contribution in [0.15, 0.2) is 0 Å². The predicted octanol–water partition coefficient (Wildman–Crippen LogP) is 1.39. The maximum atomic E-state index is 5.93. The predicted molar refractivity (Wildman–Crippen MR) is 70.6 cm³/mol. The lowest BCUT2D eigenvalue weighted by Crippen LogP contribution is -2.57. The van der Waals surface area contributed by atoms with Crippen LogP contribution in [-0.2, 0) is 0 Å². The first kappa shape index (κ1) is 13.9. The lowest BCUT2D eigenvalue weighted by atomic mass is 9.85. The van der Waals surface area contributed by atoms with Crippen LogP contribution in [0.3, 0.4) is 0 Å². The molecule has 0 aromatic carbocycles. The molecule has 0 amide bonds. The van der Waals surface area contributed by atoms with Gasteiger partial charge in [-0.2, -0.15) is 0 Å². The molecule has 3 heteroatoms. The Hall–Kier alpha value is -0.120. The standard InChI is InChI=1S/C13H29N3/c1-11(2)15-6-8-16(9-7-15)12(10-14)13(3,4)5/h11-12H,6-10,14H2,1-5H3. The summed E-state index contributed by atoms with van der Waals surface area (Å²) in [5, 5.41) is 0. The molecule has 1 saturated heterocycles. The van der Waals surface area contributed by atoms with Crippen LogP contribution in [0.25, 0.3) is 0 Å². The highest BCUT2D eigenvalue weighted by Gasteiger charge is 2.31. The van der Waals surface area contributed by atoms with Crippen LogP contribution in [0.4, 0.5) is 0 Å². The average Bonchev–Trinajstić information content (AvgIpc) is 2.17. The van der Waals surface area contributed by atoms with Crippen molar-refractivity contribution < 1.29 is 0 Å². The molecule has 16 heavy (non-hydrogen) atoms. The molecule has 0 spiro atoms. The maximum Gasteiger partial charge on any atom is 0.0267 e. The van der Waals surface area contributed by atoms with Gasteiger partial charge in [0.2, 0.25) is 0 Å². The summed E-state index contributed by atoms with van der Waals surface area (Å²) >= 11 is 0. The van der Waals surface area contributed by atoms with Crippen LogP contribution >= 0.6 is 0 Å². The van der Waals surface area contributed by atoms with E-state index in [2.05, 4.69) is 44.4 Å². The number of nitrogens with two attached hydrogens (primary N) is 1. The molecule has 1 unspecified atom stereocenters. The van der Waals surface area contributed by atoms with Crippen molar-refractivity contribution >= 4 is 0 Å². The molecule has 1 atom stereocenters. The molecule has 3 nitrogen and oxygen atoms in total. The van der Waals surface area contributed by atoms with Crippen molar-refractivity contribution in [1.29, 1.82) is 0 Å². The third-order valence-corrected chi connectivity index (χ3v) is 3.74. The van der Waals surface area contributed by atoms with E-state index in [0.29, 0.717) is 12.1 Å². The fourth-order valence-electron chi connectivity index (χ4n) is 2.62. The zero-order valence-electron chi connectivity index (χ0n) is 11.7. The second kappa shape index (κ2) is 5.48. The third kappa shape index (κ3) is 3.44. The highest BCUT2D eigenvalue weighted by Crippen LogP contribution is 2.24. The van der Waals surface area contributed by atoms with Crippen LogP contribution in [0.2, 0.25) is 0 Å². The van der Waals surface area contributed by atoms with Gasteiger partial charge >= 0.3 is 0 Å². The van der Waals surface area contributed by atoms with Gasteiger partial charge in [0, 0.05) is 44.8 Å². The molecule has 96 valence electrons. The number of rotatable bonds is 3. The van der Waals surface area contributed by atoms with Crippen molar-refractivity contribution in [2.75, 3.05) is 32.7 Å². The van der Waals surface area contributed by atoms with E-state index in [1.807, 2.05) is 0 Å². The lowest BCUT2D eigenvalue weighted by molar-refractivity contribution is 0.0393. The summed E-state index contributed by atoms with van der Waals surface area (Å²) in [5.74, 6) is 0. The minimum atomic E-state index is 0.286. The minimum Gasteiger partial charge on any atom is -0.329 e. The zero-order valence-corrected chi connectivity index (χ0v) is 11.7. The number of hydrogen-bond acceptors (Lipinski definition) is 3. The quantitative estimate of drug-likeness (QED) is 0.791. The van der Waals surface area contributed by atoms with E-state index in [9.17, 15) is 0 Å². The molecule has 0 bridgehead atoms. The van der Waals surface area contributed by atoms with Crippen molar-refractivity contribution in [1.82, 2.24) is 9.80 Å². The van der Waals surface area contributed by atoms with Crippen molar-refractivity contribution in [3.05, 3.63) is 0 Å². The molecule has 1 rings (SSSR count). The van der Waals surface area contributed by atoms with Crippen molar-refractivity contribution in [3.8, 4) is 0 Å². The van der Waals surface area contributed by atoms with Gasteiger partial charge in [0.15, 0.2) is 0 Å². The molecular formula is C13H29N3. The van der Waals surface area contributed by atoms with Crippen LogP contribution < -0.4 is 5.73 Å². The molecule has 1 fully saturated rings. The Morgan fingerprint density at radius 2 is 1.44 bits per heavy atom. The van der Waals surface area contributed by atoms with Crippen LogP contribution in [0, 0.1) is 5.41 Å². The summed E-state index contributed by atoms with van der Waals surface area (Å²) in [4.78, 5) is 5.12. The maximum absolute atomic E-state index is 5.93. The molecule has 1 heterocycles. The van der Waals surface area contributed by atoms with Crippen molar-refractivity contribution in [2.24, 2.45) is 11.1 Å². The zero-order chi connectivity index (χ0) is 12.3. The van der Waals surface area contributed by atoms with Gasteiger partial charge in [-0.05, 0) is 19.3 Å². The first-order valence-electron chi connectivity index (χ1n) is 6.54. The van der Waals surface area contributed by atoms with Gasteiger partial charge in [-0.3, -0.25) is 9.80 Å². The van der Waals surface area contributed by atoms with E-state index in [0.717, 1.165) is 19.6 Å². The molecule has 0 radical (unpaired) electrons. The van der Waals surface area contributed by atoms with Gasteiger partial charge in [0.25, 0.3) is 0 Å². The highest BCUT2D eigenvalue weighted by atomic mass is 15.3. The van der Waals surface area contributed by atoms with E-state index >= 15 is 0 Å². The van der Waals surface area contributed by atoms with Gasteiger partial charge < -0.3 is 5.73 Å². The highest BCUT2D eigenvalue weighted by molar-refractivity contribution is 4.87. The summed E-state index contributed by atoms with van der Waals surface area (Å²) in [5.41, 5.74) is 6.22. The summed E-state index contributed by atoms with van der Waals surface area (Å²) in [6.07, 6.45) is 0. The number of hydrogen-bond donors (Lipinski definition) is 1. The Balaban J connectivity index is 2.52. The van der Waals surface area contributed by atoms with Gasteiger partial charge in [-0.1, -0.05) is 20.8 Å². The van der Waals surface area contributed by atoms with Crippen molar-refractivity contribution in [3.63, 3.8) is 0 Å². The van der Waals surface area contributed by atoms with Gasteiger partial charge in [-0.15, -0.1) is 0 Å². The van der Waals surface area contributed by atoms with Crippen molar-refractivity contribution in [2.45, 2.75) is 46.7 Å². The molecule has 0 aliphatic carbocycles. The third-order valence-electron chi connectivity index (χ3n) is 3.74. The first-order chi connectivity index (χ1) is 7.36. The van der Waals surface area contributed by atoms with Crippen LogP contribution in [0.1, 0.15) is 34.6 Å². The summed E-state index contributed by atoms with van der Waals surface area (Å²) in [6, 6.07) is 1.19. The van der Waals surface area contributed by atoms with Crippen LogP contribution in [0.5, 0.6) is 0 Å². The molecule has 1 aliphatic heterocycles. The van der Waals surface area contributed by atoms with Crippen LogP contribution in [-0.4, -0.2) is 54.6 Å². The summed E-state index contributed by atoms with van der Waals surface area (Å²) in [6.45, 7) is 16.9. The largest absolute Gasteiger partial charge is 0.329 e. The topological polar surface area (TPSA) is 32.5 Å². The molecular weight excluding hydrogens is 198 g/mol. The van der Waals surface area contributed by atoms with Gasteiger partial charge in [-0.25, -0.2) is 0 Å². The lowest BCUT2D eigenvalue weighted by Gasteiger charge is -2.45. The molecule has 0 aromatic rings. The van der Waals surface area contributed by atoms with Gasteiger partial charge in [0.1, 0.15) is 0 Å². The monoisotopic (exact) mass is 227 g/mol. The molecule has 1 aliphatic rings. The number of nitrogens with zero attached hydrogens (tertiary/aromatic N) is 2. The fraction of sp³-hybridized carbons (Fsp3) is 1.00. The second-order valence-electron chi connectivity index (χ2n) is 6.28. The summed E-state index contributed by atoms with van der Waals surface area (Å²) in [7, 11) is 0. The number of piperazine rings is 1. The molecule has 0 aromatic heterocycles. The average molecular weight is 227 g/mol. The second-order valence-corrected chi connectivity index (χ2v) is 6.28. The van der Waals surface area contributed by atoms with E-state index in [4.69, 9.17) is 5.73 Å². The van der Waals surface area contributed by atoms with E-state index in [1.54, 1.807) is 0 Å². The minimum absolute atomic E-state index is 0.286. The smallest absolute Gasteiger partial charge is 0.0267 e. The van der Waals surface area contributed by atoms with Gasteiger partial charge in [0.05, 0.1) is 0 Å². The molecule has 2 N–H and O–H groups in total. The van der Waals surface area contributed by atoms with E-state index < -0.39 is 0 Å². The van der Waals surface area contributed by atoms with E-state index in [-0.39, 0.29) is 5.41 Å². The Morgan fingerprint density at radius 3 is 1.75 bits per heavy atom. The first-order valence-corrected chi connectivity index (χ1v) is 6.54. The Morgan fingerprint density at radius 1 is 1.00 bits per heavy atom. The summed E-state index contributed by atoms with van der Waals surface area (Å²) < 4.78 is 0. The Kier molecular flexibility index (Phi) is 4.77. The SMILES string of the molecule is CC(C)N1CCN(C(CN)C(C)(C)C)CC1. The Bertz CT molecular complexity index is 200. The van der Waals surface area contributed by atoms with E-state index in [1.165, 1.54) is 13.1 Å². The fourth-order valence-corrected chi connectivity index (χ4v) is 2.62. The Labute approximate surface area is 101 Å². The normalized spacial score (nSPS) is 22.7. The molecule has 0 saturated carbocycles.